The normalized spacial score (nSPS) is 10.5. The lowest BCUT2D eigenvalue weighted by Gasteiger charge is -2.11. The Bertz CT molecular complexity index is 858. The third-order valence-electron chi connectivity index (χ3n) is 3.52. The number of carboxylic acids is 1. The van der Waals surface area contributed by atoms with Crippen LogP contribution in [0.5, 0.6) is 0 Å². The van der Waals surface area contributed by atoms with E-state index in [2.05, 4.69) is 5.32 Å². The van der Waals surface area contributed by atoms with Crippen LogP contribution in [0.4, 0.5) is 0 Å². The van der Waals surface area contributed by atoms with Crippen LogP contribution in [0.15, 0.2) is 35.3 Å². The molecule has 1 heterocycles. The molecule has 24 heavy (non-hydrogen) atoms. The summed E-state index contributed by atoms with van der Waals surface area (Å²) in [7, 11) is 0. The molecule has 0 unspecified atom stereocenters. The highest BCUT2D eigenvalue weighted by Crippen LogP contribution is 2.20. The van der Waals surface area contributed by atoms with Gasteiger partial charge in [-0.05, 0) is 43.2 Å². The molecule has 0 spiro atoms. The van der Waals surface area contributed by atoms with Crippen LogP contribution in [0.1, 0.15) is 39.6 Å². The fourth-order valence-electron chi connectivity index (χ4n) is 2.26. The molecule has 0 saturated carbocycles. The molecule has 0 saturated heterocycles. The molecule has 1 aromatic heterocycles. The highest BCUT2D eigenvalue weighted by atomic mass is 35.5. The minimum atomic E-state index is -1.29. The van der Waals surface area contributed by atoms with Crippen LogP contribution in [0.2, 0.25) is 5.02 Å². The molecule has 0 fully saturated rings. The number of aromatic carboxylic acids is 1. The summed E-state index contributed by atoms with van der Waals surface area (Å²) in [6.45, 7) is 3.99. The summed E-state index contributed by atoms with van der Waals surface area (Å²) in [5.74, 6) is -1.64. The molecule has 0 bridgehead atoms. The van der Waals surface area contributed by atoms with Gasteiger partial charge in [-0.25, -0.2) is 4.79 Å². The number of carboxylic acid groups (broad SMARTS) is 1. The van der Waals surface area contributed by atoms with E-state index >= 15 is 0 Å². The van der Waals surface area contributed by atoms with E-state index < -0.39 is 11.5 Å². The minimum absolute atomic E-state index is 0.229. The Labute approximate surface area is 143 Å². The molecule has 1 amide bonds. The molecule has 0 radical (unpaired) electrons. The number of rotatable bonds is 5. The van der Waals surface area contributed by atoms with Crippen molar-refractivity contribution in [2.45, 2.75) is 20.3 Å². The predicted molar refractivity (Wildman–Crippen MR) is 91.4 cm³/mol. The van der Waals surface area contributed by atoms with Gasteiger partial charge in [-0.2, -0.15) is 0 Å². The molecule has 0 aliphatic heterocycles. The SMILES string of the molecule is CCCNC(=O)c1cc(-n2ccc(C)c(C(=O)O)c2=O)ccc1Cl. The second-order valence-electron chi connectivity index (χ2n) is 5.27. The number of hydrogen-bond acceptors (Lipinski definition) is 3. The number of halogens is 1. The average molecular weight is 349 g/mol. The summed E-state index contributed by atoms with van der Waals surface area (Å²) in [5.41, 5.74) is 0.00770. The lowest BCUT2D eigenvalue weighted by atomic mass is 10.1. The Morgan fingerprint density at radius 2 is 2.00 bits per heavy atom. The number of amides is 1. The third-order valence-corrected chi connectivity index (χ3v) is 3.85. The zero-order chi connectivity index (χ0) is 17.9. The first-order valence-electron chi connectivity index (χ1n) is 7.40. The minimum Gasteiger partial charge on any atom is -0.477 e. The number of benzene rings is 1. The first-order valence-corrected chi connectivity index (χ1v) is 7.78. The standard InChI is InChI=1S/C17H17ClN2O4/c1-3-7-19-15(21)12-9-11(4-5-13(12)18)20-8-6-10(2)14(16(20)22)17(23)24/h4-6,8-9H,3,7H2,1-2H3,(H,19,21)(H,23,24). The molecule has 2 N–H and O–H groups in total. The van der Waals surface area contributed by atoms with Gasteiger partial charge in [0.2, 0.25) is 0 Å². The maximum absolute atomic E-state index is 12.4. The highest BCUT2D eigenvalue weighted by Gasteiger charge is 2.17. The molecular formula is C17H17ClN2O4. The number of nitrogens with one attached hydrogen (secondary N) is 1. The predicted octanol–water partition coefficient (Wildman–Crippen LogP) is 2.64. The number of carbonyl (C=O) groups is 2. The van der Waals surface area contributed by atoms with Gasteiger partial charge in [-0.1, -0.05) is 18.5 Å². The summed E-state index contributed by atoms with van der Waals surface area (Å²) < 4.78 is 1.18. The van der Waals surface area contributed by atoms with E-state index in [9.17, 15) is 19.5 Å². The second kappa shape index (κ2) is 7.31. The summed E-state index contributed by atoms with van der Waals surface area (Å²) in [4.78, 5) is 35.8. The van der Waals surface area contributed by atoms with E-state index in [0.717, 1.165) is 6.42 Å². The fraction of sp³-hybridized carbons (Fsp3) is 0.235. The van der Waals surface area contributed by atoms with Crippen molar-refractivity contribution >= 4 is 23.5 Å². The van der Waals surface area contributed by atoms with Crippen LogP contribution in [0.25, 0.3) is 5.69 Å². The Morgan fingerprint density at radius 1 is 1.29 bits per heavy atom. The van der Waals surface area contributed by atoms with Gasteiger partial charge in [0.05, 0.1) is 10.6 Å². The fourth-order valence-corrected chi connectivity index (χ4v) is 2.46. The molecule has 0 aliphatic rings. The maximum atomic E-state index is 12.4. The molecule has 126 valence electrons. The van der Waals surface area contributed by atoms with Crippen LogP contribution in [0, 0.1) is 6.92 Å². The van der Waals surface area contributed by atoms with Crippen molar-refractivity contribution in [3.63, 3.8) is 0 Å². The topological polar surface area (TPSA) is 88.4 Å². The van der Waals surface area contributed by atoms with Crippen LogP contribution < -0.4 is 10.9 Å². The van der Waals surface area contributed by atoms with Gasteiger partial charge in [0.15, 0.2) is 0 Å². The largest absolute Gasteiger partial charge is 0.477 e. The van der Waals surface area contributed by atoms with Gasteiger partial charge >= 0.3 is 5.97 Å². The van der Waals surface area contributed by atoms with Crippen LogP contribution in [-0.4, -0.2) is 28.1 Å². The molecule has 1 aromatic carbocycles. The lowest BCUT2D eigenvalue weighted by molar-refractivity contribution is 0.0693. The smallest absolute Gasteiger partial charge is 0.341 e. The highest BCUT2D eigenvalue weighted by molar-refractivity contribution is 6.33. The monoisotopic (exact) mass is 348 g/mol. The first kappa shape index (κ1) is 17.7. The molecular weight excluding hydrogens is 332 g/mol. The molecule has 7 heteroatoms. The molecule has 0 atom stereocenters. The van der Waals surface area contributed by atoms with E-state index in [4.69, 9.17) is 11.6 Å². The molecule has 2 aromatic rings. The number of aryl methyl sites for hydroxylation is 1. The molecule has 2 rings (SSSR count). The number of hydrogen-bond donors (Lipinski definition) is 2. The van der Waals surface area contributed by atoms with E-state index in [0.29, 0.717) is 17.8 Å². The van der Waals surface area contributed by atoms with E-state index in [1.807, 2.05) is 6.92 Å². The van der Waals surface area contributed by atoms with Gasteiger partial charge in [-0.15, -0.1) is 0 Å². The first-order chi connectivity index (χ1) is 11.4. The summed E-state index contributed by atoms with van der Waals surface area (Å²) in [5, 5.41) is 12.2. The van der Waals surface area contributed by atoms with Crippen molar-refractivity contribution < 1.29 is 14.7 Å². The van der Waals surface area contributed by atoms with Crippen molar-refractivity contribution in [3.05, 3.63) is 62.5 Å². The Hall–Kier alpha value is -2.60. The van der Waals surface area contributed by atoms with E-state index in [1.54, 1.807) is 13.0 Å². The van der Waals surface area contributed by atoms with Crippen molar-refractivity contribution in [2.75, 3.05) is 6.54 Å². The maximum Gasteiger partial charge on any atom is 0.341 e. The Morgan fingerprint density at radius 3 is 2.62 bits per heavy atom. The molecule has 0 aliphatic carbocycles. The van der Waals surface area contributed by atoms with Crippen molar-refractivity contribution in [2.24, 2.45) is 0 Å². The average Bonchev–Trinajstić information content (AvgIpc) is 2.53. The van der Waals surface area contributed by atoms with Crippen molar-refractivity contribution in [1.82, 2.24) is 9.88 Å². The summed E-state index contributed by atoms with van der Waals surface area (Å²) >= 11 is 6.06. The Kier molecular flexibility index (Phi) is 5.41. The van der Waals surface area contributed by atoms with Crippen LogP contribution >= 0.6 is 11.6 Å². The second-order valence-corrected chi connectivity index (χ2v) is 5.68. The zero-order valence-corrected chi connectivity index (χ0v) is 14.1. The van der Waals surface area contributed by atoms with Crippen LogP contribution in [0.3, 0.4) is 0 Å². The lowest BCUT2D eigenvalue weighted by Crippen LogP contribution is -2.27. The van der Waals surface area contributed by atoms with Crippen molar-refractivity contribution in [3.8, 4) is 5.69 Å². The van der Waals surface area contributed by atoms with Gasteiger partial charge in [0.1, 0.15) is 5.56 Å². The van der Waals surface area contributed by atoms with Gasteiger partial charge < -0.3 is 10.4 Å². The number of nitrogens with zero attached hydrogens (tertiary/aromatic N) is 1. The number of pyridine rings is 1. The van der Waals surface area contributed by atoms with E-state index in [1.165, 1.54) is 29.0 Å². The quantitative estimate of drug-likeness (QED) is 0.869. The number of carbonyl (C=O) groups excluding carboxylic acids is 1. The van der Waals surface area contributed by atoms with Gasteiger partial charge in [0.25, 0.3) is 11.5 Å². The summed E-state index contributed by atoms with van der Waals surface area (Å²) in [6, 6.07) is 6.07. The van der Waals surface area contributed by atoms with E-state index in [-0.39, 0.29) is 22.1 Å². The van der Waals surface area contributed by atoms with Gasteiger partial charge in [-0.3, -0.25) is 14.2 Å². The van der Waals surface area contributed by atoms with Gasteiger partial charge in [0, 0.05) is 18.4 Å². The van der Waals surface area contributed by atoms with Crippen molar-refractivity contribution in [1.29, 1.82) is 0 Å². The summed E-state index contributed by atoms with van der Waals surface area (Å²) in [6.07, 6.45) is 2.25. The third kappa shape index (κ3) is 3.49. The van der Waals surface area contributed by atoms with Crippen LogP contribution in [-0.2, 0) is 0 Å². The molecule has 6 nitrogen and oxygen atoms in total. The number of aromatic nitrogens is 1. The Balaban J connectivity index is 2.55. The zero-order valence-electron chi connectivity index (χ0n) is 13.3.